The van der Waals surface area contributed by atoms with E-state index in [9.17, 15) is 0 Å². The Morgan fingerprint density at radius 3 is 2.83 bits per heavy atom. The third-order valence-electron chi connectivity index (χ3n) is 2.59. The number of nitrogens with zero attached hydrogens (tertiary/aromatic N) is 2. The number of aliphatic hydroxyl groups excluding tert-OH is 1. The monoisotopic (exact) mass is 247 g/mol. The van der Waals surface area contributed by atoms with Gasteiger partial charge < -0.3 is 15.6 Å². The summed E-state index contributed by atoms with van der Waals surface area (Å²) in [6.45, 7) is 1.28. The number of benzene rings is 1. The molecule has 0 aliphatic heterocycles. The Kier molecular flexibility index (Phi) is 4.20. The number of nitrogen functional groups attached to an aromatic ring is 1. The number of rotatable bonds is 6. The van der Waals surface area contributed by atoms with E-state index in [-0.39, 0.29) is 6.61 Å². The number of aromatic nitrogens is 2. The van der Waals surface area contributed by atoms with E-state index in [1.54, 1.807) is 10.7 Å². The zero-order valence-corrected chi connectivity index (χ0v) is 10.1. The number of anilines is 1. The molecule has 0 unspecified atom stereocenters. The quantitative estimate of drug-likeness (QED) is 0.801. The summed E-state index contributed by atoms with van der Waals surface area (Å²) in [5.74, 6) is 1.32. The van der Waals surface area contributed by atoms with Gasteiger partial charge in [0.1, 0.15) is 18.2 Å². The van der Waals surface area contributed by atoms with Crippen LogP contribution in [0.4, 0.5) is 5.82 Å². The molecule has 18 heavy (non-hydrogen) atoms. The Labute approximate surface area is 106 Å². The lowest BCUT2D eigenvalue weighted by molar-refractivity contribution is 0.277. The van der Waals surface area contributed by atoms with E-state index >= 15 is 0 Å². The molecule has 0 aliphatic rings. The van der Waals surface area contributed by atoms with Gasteiger partial charge in [0.15, 0.2) is 0 Å². The Bertz CT molecular complexity index is 496. The number of hydrogen-bond donors (Lipinski definition) is 2. The number of ether oxygens (including phenoxy) is 1. The fraction of sp³-hybridized carbons (Fsp3) is 0.308. The highest BCUT2D eigenvalue weighted by molar-refractivity contribution is 5.33. The van der Waals surface area contributed by atoms with Gasteiger partial charge in [-0.3, -0.25) is 4.68 Å². The molecular formula is C13H17N3O2. The third kappa shape index (κ3) is 3.24. The maximum atomic E-state index is 8.97. The first-order valence-electron chi connectivity index (χ1n) is 5.90. The lowest BCUT2D eigenvalue weighted by Gasteiger charge is -2.10. The van der Waals surface area contributed by atoms with Gasteiger partial charge in [-0.25, -0.2) is 0 Å². The molecule has 0 spiro atoms. The fourth-order valence-electron chi connectivity index (χ4n) is 1.72. The first-order chi connectivity index (χ1) is 8.79. The molecule has 0 saturated carbocycles. The first-order valence-corrected chi connectivity index (χ1v) is 5.90. The maximum Gasteiger partial charge on any atom is 0.145 e. The predicted molar refractivity (Wildman–Crippen MR) is 69.4 cm³/mol. The van der Waals surface area contributed by atoms with E-state index in [2.05, 4.69) is 5.10 Å². The molecule has 96 valence electrons. The fourth-order valence-corrected chi connectivity index (χ4v) is 1.72. The Morgan fingerprint density at radius 2 is 2.11 bits per heavy atom. The predicted octanol–water partition coefficient (Wildman–Crippen LogP) is 1.08. The zero-order valence-electron chi connectivity index (χ0n) is 10.1. The van der Waals surface area contributed by atoms with Crippen LogP contribution in [0.2, 0.25) is 0 Å². The lowest BCUT2D eigenvalue weighted by Crippen LogP contribution is -2.10. The Hall–Kier alpha value is -2.01. The second kappa shape index (κ2) is 6.07. The SMILES string of the molecule is Nc1ccn(CCOc2ccccc2CCO)n1. The van der Waals surface area contributed by atoms with E-state index in [0.717, 1.165) is 11.3 Å². The van der Waals surface area contributed by atoms with Crippen LogP contribution < -0.4 is 10.5 Å². The number of aliphatic hydroxyl groups is 1. The highest BCUT2D eigenvalue weighted by atomic mass is 16.5. The van der Waals surface area contributed by atoms with Crippen LogP contribution in [-0.4, -0.2) is 28.1 Å². The van der Waals surface area contributed by atoms with Gasteiger partial charge in [0, 0.05) is 12.8 Å². The van der Waals surface area contributed by atoms with Crippen LogP contribution in [0.1, 0.15) is 5.56 Å². The molecule has 2 aromatic rings. The van der Waals surface area contributed by atoms with Crippen LogP contribution in [0.25, 0.3) is 0 Å². The number of hydrogen-bond acceptors (Lipinski definition) is 4. The van der Waals surface area contributed by atoms with Crippen LogP contribution in [0.3, 0.4) is 0 Å². The molecule has 2 rings (SSSR count). The van der Waals surface area contributed by atoms with Gasteiger partial charge in [0.25, 0.3) is 0 Å². The normalized spacial score (nSPS) is 10.5. The third-order valence-corrected chi connectivity index (χ3v) is 2.59. The highest BCUT2D eigenvalue weighted by Gasteiger charge is 2.02. The minimum absolute atomic E-state index is 0.121. The molecule has 1 aromatic carbocycles. The summed E-state index contributed by atoms with van der Waals surface area (Å²) in [6.07, 6.45) is 2.42. The zero-order chi connectivity index (χ0) is 12.8. The van der Waals surface area contributed by atoms with Gasteiger partial charge in [-0.1, -0.05) is 18.2 Å². The number of para-hydroxylation sites is 1. The molecule has 0 atom stereocenters. The van der Waals surface area contributed by atoms with Gasteiger partial charge >= 0.3 is 0 Å². The van der Waals surface area contributed by atoms with Crippen LogP contribution >= 0.6 is 0 Å². The molecule has 0 bridgehead atoms. The van der Waals surface area contributed by atoms with E-state index < -0.39 is 0 Å². The largest absolute Gasteiger partial charge is 0.491 e. The molecule has 5 heteroatoms. The summed E-state index contributed by atoms with van der Waals surface area (Å²) in [7, 11) is 0. The van der Waals surface area contributed by atoms with Gasteiger partial charge in [0.2, 0.25) is 0 Å². The van der Waals surface area contributed by atoms with Crippen LogP contribution in [0, 0.1) is 0 Å². The molecular weight excluding hydrogens is 230 g/mol. The van der Waals surface area contributed by atoms with Crippen molar-refractivity contribution in [1.82, 2.24) is 9.78 Å². The second-order valence-electron chi connectivity index (χ2n) is 3.93. The van der Waals surface area contributed by atoms with E-state index in [4.69, 9.17) is 15.6 Å². The van der Waals surface area contributed by atoms with E-state index in [1.165, 1.54) is 0 Å². The molecule has 0 aliphatic carbocycles. The average Bonchev–Trinajstić information content (AvgIpc) is 2.78. The molecule has 0 amide bonds. The van der Waals surface area contributed by atoms with Crippen molar-refractivity contribution >= 4 is 5.82 Å². The molecule has 1 aromatic heterocycles. The van der Waals surface area contributed by atoms with Crippen LogP contribution in [-0.2, 0) is 13.0 Å². The Balaban J connectivity index is 1.89. The summed E-state index contributed by atoms with van der Waals surface area (Å²) >= 11 is 0. The van der Waals surface area contributed by atoms with Crippen molar-refractivity contribution in [3.8, 4) is 5.75 Å². The number of nitrogens with two attached hydrogens (primary N) is 1. The summed E-state index contributed by atoms with van der Waals surface area (Å²) in [5.41, 5.74) is 6.54. The molecule has 0 radical (unpaired) electrons. The van der Waals surface area contributed by atoms with Crippen molar-refractivity contribution in [3.63, 3.8) is 0 Å². The van der Waals surface area contributed by atoms with Crippen molar-refractivity contribution in [2.75, 3.05) is 18.9 Å². The lowest BCUT2D eigenvalue weighted by atomic mass is 10.1. The topological polar surface area (TPSA) is 73.3 Å². The van der Waals surface area contributed by atoms with Gasteiger partial charge in [-0.15, -0.1) is 0 Å². The van der Waals surface area contributed by atoms with Gasteiger partial charge in [-0.05, 0) is 24.1 Å². The van der Waals surface area contributed by atoms with Crippen molar-refractivity contribution in [1.29, 1.82) is 0 Å². The summed E-state index contributed by atoms with van der Waals surface area (Å²) < 4.78 is 7.43. The maximum absolute atomic E-state index is 8.97. The molecule has 0 fully saturated rings. The van der Waals surface area contributed by atoms with Crippen molar-refractivity contribution < 1.29 is 9.84 Å². The summed E-state index contributed by atoms with van der Waals surface area (Å²) in [5, 5.41) is 13.0. The first kappa shape index (κ1) is 12.4. The van der Waals surface area contributed by atoms with Gasteiger partial charge in [-0.2, -0.15) is 5.10 Å². The van der Waals surface area contributed by atoms with Gasteiger partial charge in [0.05, 0.1) is 6.54 Å². The minimum atomic E-state index is 0.121. The summed E-state index contributed by atoms with van der Waals surface area (Å²) in [6, 6.07) is 9.47. The van der Waals surface area contributed by atoms with Crippen molar-refractivity contribution in [2.45, 2.75) is 13.0 Å². The van der Waals surface area contributed by atoms with Crippen molar-refractivity contribution in [3.05, 3.63) is 42.1 Å². The molecule has 0 saturated heterocycles. The second-order valence-corrected chi connectivity index (χ2v) is 3.93. The van der Waals surface area contributed by atoms with E-state index in [1.807, 2.05) is 30.5 Å². The van der Waals surface area contributed by atoms with Crippen LogP contribution in [0.15, 0.2) is 36.5 Å². The minimum Gasteiger partial charge on any atom is -0.491 e. The smallest absolute Gasteiger partial charge is 0.145 e. The highest BCUT2D eigenvalue weighted by Crippen LogP contribution is 2.18. The van der Waals surface area contributed by atoms with Crippen LogP contribution in [0.5, 0.6) is 5.75 Å². The van der Waals surface area contributed by atoms with E-state index in [0.29, 0.717) is 25.4 Å². The van der Waals surface area contributed by atoms with Crippen molar-refractivity contribution in [2.24, 2.45) is 0 Å². The Morgan fingerprint density at radius 1 is 1.28 bits per heavy atom. The molecule has 1 heterocycles. The average molecular weight is 247 g/mol. The standard InChI is InChI=1S/C13H17N3O2/c14-13-5-7-16(15-13)8-10-18-12-4-2-1-3-11(12)6-9-17/h1-5,7,17H,6,8-10H2,(H2,14,15). The molecule has 5 nitrogen and oxygen atoms in total. The summed E-state index contributed by atoms with van der Waals surface area (Å²) in [4.78, 5) is 0. The molecule has 3 N–H and O–H groups in total.